The third-order valence-corrected chi connectivity index (χ3v) is 5.68. The monoisotopic (exact) mass is 386 g/mol. The van der Waals surface area contributed by atoms with Gasteiger partial charge in [-0.3, -0.25) is 9.79 Å². The summed E-state index contributed by atoms with van der Waals surface area (Å²) in [6.07, 6.45) is 1.61. The number of amides is 1. The molecule has 0 fully saturated rings. The van der Waals surface area contributed by atoms with Crippen LogP contribution >= 0.6 is 11.3 Å². The first-order chi connectivity index (χ1) is 12.4. The van der Waals surface area contributed by atoms with Gasteiger partial charge >= 0.3 is 0 Å². The second-order valence-electron chi connectivity index (χ2n) is 5.95. The van der Waals surface area contributed by atoms with E-state index in [9.17, 15) is 13.2 Å². The number of hydrogen-bond acceptors (Lipinski definition) is 6. The van der Waals surface area contributed by atoms with E-state index in [2.05, 4.69) is 15.3 Å². The largest absolute Gasteiger partial charge is 0.325 e. The zero-order chi connectivity index (χ0) is 18.3. The minimum absolute atomic E-state index is 0.129. The van der Waals surface area contributed by atoms with Crippen LogP contribution < -0.4 is 10.5 Å². The zero-order valence-corrected chi connectivity index (χ0v) is 15.0. The molecule has 3 aromatic rings. The minimum atomic E-state index is -3.57. The minimum Gasteiger partial charge on any atom is -0.325 e. The molecule has 1 aromatic heterocycles. The molecule has 1 unspecified atom stereocenters. The molecule has 26 heavy (non-hydrogen) atoms. The number of nitrogens with zero attached hydrogens (tertiary/aromatic N) is 2. The quantitative estimate of drug-likeness (QED) is 0.670. The molecule has 1 aliphatic rings. The molecule has 1 amide bonds. The van der Waals surface area contributed by atoms with Gasteiger partial charge in [0.25, 0.3) is 0 Å². The van der Waals surface area contributed by atoms with E-state index >= 15 is 0 Å². The van der Waals surface area contributed by atoms with Crippen molar-refractivity contribution in [2.24, 2.45) is 10.1 Å². The summed E-state index contributed by atoms with van der Waals surface area (Å²) in [5.74, 6) is -0.840. The molecular formula is C17H14N4O3S2. The van der Waals surface area contributed by atoms with Crippen molar-refractivity contribution >= 4 is 55.1 Å². The van der Waals surface area contributed by atoms with Crippen molar-refractivity contribution in [1.82, 2.24) is 4.98 Å². The normalized spacial score (nSPS) is 17.0. The Morgan fingerprint density at radius 1 is 1.23 bits per heavy atom. The summed E-state index contributed by atoms with van der Waals surface area (Å²) in [6.45, 7) is 0. The van der Waals surface area contributed by atoms with Gasteiger partial charge in [0.15, 0.2) is 0 Å². The van der Waals surface area contributed by atoms with Crippen LogP contribution in [-0.2, 0) is 20.6 Å². The van der Waals surface area contributed by atoms with E-state index in [1.807, 2.05) is 12.1 Å². The summed E-state index contributed by atoms with van der Waals surface area (Å²) in [4.78, 5) is 21.0. The molecule has 132 valence electrons. The number of aromatic nitrogens is 1. The molecule has 4 rings (SSSR count). The van der Waals surface area contributed by atoms with Gasteiger partial charge in [-0.1, -0.05) is 12.1 Å². The van der Waals surface area contributed by atoms with Gasteiger partial charge in [0, 0.05) is 17.5 Å². The number of thiazole rings is 1. The van der Waals surface area contributed by atoms with Crippen LogP contribution in [0.4, 0.5) is 11.4 Å². The summed E-state index contributed by atoms with van der Waals surface area (Å²) >= 11 is 1.49. The molecule has 2 aromatic carbocycles. The van der Waals surface area contributed by atoms with Crippen molar-refractivity contribution < 1.29 is 13.2 Å². The second kappa shape index (κ2) is 6.27. The molecule has 1 aliphatic heterocycles. The maximum atomic E-state index is 12.3. The molecule has 2 heterocycles. The fourth-order valence-electron chi connectivity index (χ4n) is 2.92. The summed E-state index contributed by atoms with van der Waals surface area (Å²) in [5, 5.41) is 7.91. The highest BCUT2D eigenvalue weighted by Gasteiger charge is 2.31. The molecular weight excluding hydrogens is 372 g/mol. The Hall–Kier alpha value is -2.62. The van der Waals surface area contributed by atoms with Crippen molar-refractivity contribution in [3.8, 4) is 0 Å². The van der Waals surface area contributed by atoms with Crippen molar-refractivity contribution in [2.75, 3.05) is 5.32 Å². The van der Waals surface area contributed by atoms with Crippen molar-refractivity contribution in [3.05, 3.63) is 53.0 Å². The van der Waals surface area contributed by atoms with E-state index in [4.69, 9.17) is 5.14 Å². The number of carbonyl (C=O) groups excluding carboxylic acids is 1. The number of aliphatic imine (C=N–C) groups is 1. The average molecular weight is 386 g/mol. The molecule has 1 atom stereocenters. The third-order valence-electron chi connectivity index (χ3n) is 4.07. The lowest BCUT2D eigenvalue weighted by Crippen LogP contribution is -2.14. The number of fused-ring (bicyclic) bond motifs is 3. The number of carbonyl (C=O) groups is 1. The lowest BCUT2D eigenvalue weighted by atomic mass is 10.0. The zero-order valence-electron chi connectivity index (χ0n) is 13.4. The number of nitrogens with two attached hydrogens (primary N) is 1. The van der Waals surface area contributed by atoms with Gasteiger partial charge in [0.1, 0.15) is 5.92 Å². The summed E-state index contributed by atoms with van der Waals surface area (Å²) in [5.41, 5.74) is 5.50. The second-order valence-corrected chi connectivity index (χ2v) is 8.42. The van der Waals surface area contributed by atoms with E-state index in [1.54, 1.807) is 36.0 Å². The average Bonchev–Trinajstić information content (AvgIpc) is 3.16. The fourth-order valence-corrected chi connectivity index (χ4v) is 4.46. The predicted molar refractivity (Wildman–Crippen MR) is 102 cm³/mol. The van der Waals surface area contributed by atoms with Crippen LogP contribution in [0, 0.1) is 0 Å². The van der Waals surface area contributed by atoms with Crippen LogP contribution in [-0.4, -0.2) is 25.5 Å². The van der Waals surface area contributed by atoms with E-state index in [-0.39, 0.29) is 11.7 Å². The van der Waals surface area contributed by atoms with Gasteiger partial charge < -0.3 is 5.32 Å². The highest BCUT2D eigenvalue weighted by atomic mass is 32.2. The first-order valence-electron chi connectivity index (χ1n) is 7.71. The Bertz CT molecular complexity index is 1130. The Balaban J connectivity index is 1.62. The predicted octanol–water partition coefficient (Wildman–Crippen LogP) is 2.52. The summed E-state index contributed by atoms with van der Waals surface area (Å²) in [7, 11) is -3.57. The Labute approximate surface area is 153 Å². The van der Waals surface area contributed by atoms with Crippen molar-refractivity contribution in [2.45, 2.75) is 11.7 Å². The number of primary sulfonamides is 1. The summed E-state index contributed by atoms with van der Waals surface area (Å²) < 4.78 is 23.2. The number of sulfonamides is 1. The van der Waals surface area contributed by atoms with Crippen LogP contribution in [0.25, 0.3) is 10.2 Å². The van der Waals surface area contributed by atoms with Crippen LogP contribution in [0.5, 0.6) is 0 Å². The van der Waals surface area contributed by atoms with Crippen LogP contribution in [0.3, 0.4) is 0 Å². The lowest BCUT2D eigenvalue weighted by Gasteiger charge is -2.04. The van der Waals surface area contributed by atoms with Crippen molar-refractivity contribution in [3.63, 3.8) is 0 Å². The highest BCUT2D eigenvalue weighted by molar-refractivity contribution is 7.88. The summed E-state index contributed by atoms with van der Waals surface area (Å²) in [6, 6.07) is 10.4. The molecule has 0 bridgehead atoms. The molecule has 7 nitrogen and oxygen atoms in total. The fraction of sp³-hybridized carbons (Fsp3) is 0.118. The number of nitrogens with one attached hydrogen (secondary N) is 1. The van der Waals surface area contributed by atoms with Crippen LogP contribution in [0.1, 0.15) is 17.0 Å². The van der Waals surface area contributed by atoms with E-state index < -0.39 is 15.9 Å². The maximum absolute atomic E-state index is 12.3. The number of anilines is 1. The van der Waals surface area contributed by atoms with Gasteiger partial charge in [-0.15, -0.1) is 11.3 Å². The number of benzene rings is 2. The Morgan fingerprint density at radius 2 is 2.00 bits per heavy atom. The van der Waals surface area contributed by atoms with Crippen molar-refractivity contribution in [1.29, 1.82) is 0 Å². The maximum Gasteiger partial charge on any atom is 0.237 e. The third kappa shape index (κ3) is 3.24. The molecule has 3 N–H and O–H groups in total. The van der Waals surface area contributed by atoms with Gasteiger partial charge in [0.2, 0.25) is 15.9 Å². The molecule has 0 saturated carbocycles. The highest BCUT2D eigenvalue weighted by Crippen LogP contribution is 2.39. The lowest BCUT2D eigenvalue weighted by molar-refractivity contribution is -0.115. The van der Waals surface area contributed by atoms with E-state index in [1.165, 1.54) is 11.3 Å². The Morgan fingerprint density at radius 3 is 2.73 bits per heavy atom. The van der Waals surface area contributed by atoms with Crippen LogP contribution in [0.2, 0.25) is 0 Å². The van der Waals surface area contributed by atoms with Gasteiger partial charge in [-0.25, -0.2) is 18.5 Å². The Kier molecular flexibility index (Phi) is 4.06. The van der Waals surface area contributed by atoms with Gasteiger partial charge in [0.05, 0.1) is 27.2 Å². The van der Waals surface area contributed by atoms with Crippen LogP contribution in [0.15, 0.2) is 46.9 Å². The topological polar surface area (TPSA) is 115 Å². The van der Waals surface area contributed by atoms with E-state index in [0.29, 0.717) is 11.3 Å². The molecule has 9 heteroatoms. The SMILES string of the molecule is NS(=O)(=O)Cc1ccc(N=CC2C(=O)Nc3ccc4ncsc4c32)cc1. The number of hydrogen-bond donors (Lipinski definition) is 2. The smallest absolute Gasteiger partial charge is 0.237 e. The molecule has 0 saturated heterocycles. The first kappa shape index (κ1) is 16.8. The van der Waals surface area contributed by atoms with Gasteiger partial charge in [-0.05, 0) is 29.8 Å². The number of rotatable bonds is 4. The molecule has 0 spiro atoms. The standard InChI is InChI=1S/C17H14N4O3S2/c18-26(23,24)8-10-1-3-11(4-2-10)19-7-12-15-13(21-17(12)22)5-6-14-16(15)25-9-20-14/h1-7,9,12H,8H2,(H,21,22)(H2,18,23,24). The van der Waals surface area contributed by atoms with E-state index in [0.717, 1.165) is 21.5 Å². The van der Waals surface area contributed by atoms with Gasteiger partial charge in [-0.2, -0.15) is 0 Å². The molecule has 0 aliphatic carbocycles. The molecule has 0 radical (unpaired) electrons. The first-order valence-corrected chi connectivity index (χ1v) is 10.3.